The van der Waals surface area contributed by atoms with Crippen LogP contribution in [0.5, 0.6) is 11.5 Å². The van der Waals surface area contributed by atoms with Crippen molar-refractivity contribution in [2.45, 2.75) is 26.5 Å². The van der Waals surface area contributed by atoms with Gasteiger partial charge in [-0.2, -0.15) is 0 Å². The van der Waals surface area contributed by atoms with Crippen LogP contribution in [0.1, 0.15) is 22.6 Å². The summed E-state index contributed by atoms with van der Waals surface area (Å²) in [6.45, 7) is 8.76. The molecule has 192 valence electrons. The SMILES string of the molecule is COc1ccc(-c2nc(C[S@](=O)CC(=O)N3CCN(c4cc(C)ccc4C)CC3)c(C)o2)cc1OC. The van der Waals surface area contributed by atoms with Crippen molar-refractivity contribution in [3.63, 3.8) is 0 Å². The first kappa shape index (κ1) is 25.8. The third-order valence-corrected chi connectivity index (χ3v) is 7.61. The molecule has 1 aromatic heterocycles. The minimum absolute atomic E-state index is 0.0263. The highest BCUT2D eigenvalue weighted by molar-refractivity contribution is 7.84. The zero-order chi connectivity index (χ0) is 25.8. The van der Waals surface area contributed by atoms with Gasteiger partial charge in [-0.15, -0.1) is 0 Å². The number of methoxy groups -OCH3 is 2. The first-order valence-electron chi connectivity index (χ1n) is 11.9. The van der Waals surface area contributed by atoms with Crippen LogP contribution in [0.25, 0.3) is 11.5 Å². The van der Waals surface area contributed by atoms with E-state index in [1.807, 2.05) is 11.0 Å². The molecule has 2 aromatic carbocycles. The van der Waals surface area contributed by atoms with E-state index in [1.165, 1.54) is 16.8 Å². The van der Waals surface area contributed by atoms with Crippen LogP contribution in [0.3, 0.4) is 0 Å². The molecule has 3 aromatic rings. The fourth-order valence-corrected chi connectivity index (χ4v) is 5.48. The summed E-state index contributed by atoms with van der Waals surface area (Å²) in [6.07, 6.45) is 0. The van der Waals surface area contributed by atoms with Crippen molar-refractivity contribution in [1.29, 1.82) is 0 Å². The maximum absolute atomic E-state index is 12.9. The Bertz CT molecular complexity index is 1260. The Labute approximate surface area is 214 Å². The molecule has 1 atom stereocenters. The number of ether oxygens (including phenoxy) is 2. The summed E-state index contributed by atoms with van der Waals surface area (Å²) in [5, 5.41) is 0. The molecule has 0 unspecified atom stereocenters. The number of carbonyl (C=O) groups is 1. The van der Waals surface area contributed by atoms with Gasteiger partial charge in [0.1, 0.15) is 11.5 Å². The first-order valence-corrected chi connectivity index (χ1v) is 13.4. The van der Waals surface area contributed by atoms with E-state index in [-0.39, 0.29) is 17.4 Å². The number of aryl methyl sites for hydroxylation is 3. The van der Waals surface area contributed by atoms with Gasteiger partial charge in [-0.1, -0.05) is 12.1 Å². The normalized spacial score (nSPS) is 14.6. The van der Waals surface area contributed by atoms with Gasteiger partial charge in [-0.05, 0) is 56.2 Å². The second-order valence-electron chi connectivity index (χ2n) is 8.98. The minimum Gasteiger partial charge on any atom is -0.493 e. The summed E-state index contributed by atoms with van der Waals surface area (Å²) >= 11 is 0. The van der Waals surface area contributed by atoms with Gasteiger partial charge in [0.25, 0.3) is 0 Å². The molecule has 0 aliphatic carbocycles. The van der Waals surface area contributed by atoms with Gasteiger partial charge in [0.15, 0.2) is 11.5 Å². The molecule has 1 fully saturated rings. The fourth-order valence-electron chi connectivity index (χ4n) is 4.34. The molecule has 8 nitrogen and oxygen atoms in total. The van der Waals surface area contributed by atoms with Crippen LogP contribution in [-0.2, 0) is 21.3 Å². The Kier molecular flexibility index (Phi) is 7.98. The molecule has 2 heterocycles. The molecule has 1 aliphatic heterocycles. The van der Waals surface area contributed by atoms with Crippen molar-refractivity contribution in [2.75, 3.05) is 51.1 Å². The third kappa shape index (κ3) is 5.73. The summed E-state index contributed by atoms with van der Waals surface area (Å²) in [5.41, 5.74) is 4.99. The van der Waals surface area contributed by atoms with E-state index in [0.29, 0.717) is 41.9 Å². The van der Waals surface area contributed by atoms with Crippen LogP contribution < -0.4 is 14.4 Å². The lowest BCUT2D eigenvalue weighted by Gasteiger charge is -2.37. The minimum atomic E-state index is -1.39. The number of rotatable bonds is 8. The molecule has 0 N–H and O–H groups in total. The smallest absolute Gasteiger partial charge is 0.235 e. The Morgan fingerprint density at radius 3 is 2.42 bits per heavy atom. The Hall–Kier alpha value is -3.33. The van der Waals surface area contributed by atoms with Gasteiger partial charge in [-0.3, -0.25) is 9.00 Å². The molecule has 36 heavy (non-hydrogen) atoms. The number of benzene rings is 2. The largest absolute Gasteiger partial charge is 0.493 e. The predicted octanol–water partition coefficient (Wildman–Crippen LogP) is 3.88. The number of hydrogen-bond acceptors (Lipinski definition) is 7. The summed E-state index contributed by atoms with van der Waals surface area (Å²) < 4.78 is 29.3. The van der Waals surface area contributed by atoms with Crippen molar-refractivity contribution in [3.8, 4) is 23.0 Å². The molecule has 0 radical (unpaired) electrons. The first-order chi connectivity index (χ1) is 17.3. The number of nitrogens with zero attached hydrogens (tertiary/aromatic N) is 3. The summed E-state index contributed by atoms with van der Waals surface area (Å²) in [6, 6.07) is 11.8. The van der Waals surface area contributed by atoms with Gasteiger partial charge in [0, 0.05) is 48.2 Å². The molecule has 1 amide bonds. The lowest BCUT2D eigenvalue weighted by atomic mass is 10.1. The van der Waals surface area contributed by atoms with Gasteiger partial charge < -0.3 is 23.7 Å². The standard InChI is InChI=1S/C27H33N3O5S/c1-18-6-7-19(2)23(14-18)29-10-12-30(13-11-29)26(31)17-36(32)16-22-20(3)35-27(28-22)21-8-9-24(33-4)25(15-21)34-5/h6-9,14-15H,10-13,16-17H2,1-5H3/t36-/m0/s1. The van der Waals surface area contributed by atoms with Gasteiger partial charge in [0.05, 0.1) is 25.7 Å². The number of amides is 1. The second-order valence-corrected chi connectivity index (χ2v) is 10.4. The van der Waals surface area contributed by atoms with Gasteiger partial charge >= 0.3 is 0 Å². The highest BCUT2D eigenvalue weighted by Gasteiger charge is 2.24. The van der Waals surface area contributed by atoms with Gasteiger partial charge in [-0.25, -0.2) is 4.98 Å². The number of piperazine rings is 1. The number of anilines is 1. The van der Waals surface area contributed by atoms with Crippen LogP contribution in [0, 0.1) is 20.8 Å². The lowest BCUT2D eigenvalue weighted by Crippen LogP contribution is -2.50. The maximum atomic E-state index is 12.9. The molecular formula is C27H33N3O5S. The summed E-state index contributed by atoms with van der Waals surface area (Å²) in [4.78, 5) is 21.5. The summed E-state index contributed by atoms with van der Waals surface area (Å²) in [7, 11) is 1.75. The number of oxazole rings is 1. The molecular weight excluding hydrogens is 478 g/mol. The lowest BCUT2D eigenvalue weighted by molar-refractivity contribution is -0.128. The maximum Gasteiger partial charge on any atom is 0.235 e. The Balaban J connectivity index is 1.34. The zero-order valence-corrected chi connectivity index (χ0v) is 22.3. The van der Waals surface area contributed by atoms with E-state index in [4.69, 9.17) is 13.9 Å². The third-order valence-electron chi connectivity index (χ3n) is 6.44. The average molecular weight is 512 g/mol. The quantitative estimate of drug-likeness (QED) is 0.454. The average Bonchev–Trinajstić information content (AvgIpc) is 3.24. The number of carbonyl (C=O) groups excluding carboxylic acids is 1. The predicted molar refractivity (Wildman–Crippen MR) is 141 cm³/mol. The number of aromatic nitrogens is 1. The topological polar surface area (TPSA) is 85.1 Å². The van der Waals surface area contributed by atoms with Crippen LogP contribution in [-0.4, -0.2) is 66.2 Å². The molecule has 9 heteroatoms. The Morgan fingerprint density at radius 1 is 1.00 bits per heavy atom. The van der Waals surface area contributed by atoms with E-state index in [1.54, 1.807) is 33.3 Å². The molecule has 1 aliphatic rings. The molecule has 4 rings (SSSR count). The highest BCUT2D eigenvalue weighted by Crippen LogP contribution is 2.32. The molecule has 1 saturated heterocycles. The molecule has 0 bridgehead atoms. The van der Waals surface area contributed by atoms with Crippen molar-refractivity contribution in [2.24, 2.45) is 0 Å². The molecule has 0 spiro atoms. The van der Waals surface area contributed by atoms with Crippen LogP contribution in [0.15, 0.2) is 40.8 Å². The Morgan fingerprint density at radius 2 is 1.72 bits per heavy atom. The summed E-state index contributed by atoms with van der Waals surface area (Å²) in [5.74, 6) is 2.23. The van der Waals surface area contributed by atoms with E-state index >= 15 is 0 Å². The van der Waals surface area contributed by atoms with Gasteiger partial charge in [0.2, 0.25) is 11.8 Å². The van der Waals surface area contributed by atoms with Crippen molar-refractivity contribution >= 4 is 22.4 Å². The van der Waals surface area contributed by atoms with Crippen molar-refractivity contribution < 1.29 is 22.9 Å². The van der Waals surface area contributed by atoms with E-state index in [2.05, 4.69) is 41.9 Å². The van der Waals surface area contributed by atoms with E-state index in [0.717, 1.165) is 18.7 Å². The highest BCUT2D eigenvalue weighted by atomic mass is 32.2. The van der Waals surface area contributed by atoms with E-state index < -0.39 is 10.8 Å². The van der Waals surface area contributed by atoms with Crippen LogP contribution >= 0.6 is 0 Å². The molecule has 0 saturated carbocycles. The second kappa shape index (κ2) is 11.2. The zero-order valence-electron chi connectivity index (χ0n) is 21.5. The number of hydrogen-bond donors (Lipinski definition) is 0. The van der Waals surface area contributed by atoms with E-state index in [9.17, 15) is 9.00 Å². The van der Waals surface area contributed by atoms with Crippen LogP contribution in [0.2, 0.25) is 0 Å². The van der Waals surface area contributed by atoms with Crippen molar-refractivity contribution in [3.05, 3.63) is 59.0 Å². The van der Waals surface area contributed by atoms with Crippen molar-refractivity contribution in [1.82, 2.24) is 9.88 Å². The van der Waals surface area contributed by atoms with Crippen LogP contribution in [0.4, 0.5) is 5.69 Å². The monoisotopic (exact) mass is 511 g/mol. The fraction of sp³-hybridized carbons (Fsp3) is 0.407.